The Morgan fingerprint density at radius 1 is 1.19 bits per heavy atom. The topological polar surface area (TPSA) is 99.2 Å². The number of amides is 1. The number of ether oxygens (including phenoxy) is 1. The Bertz CT molecular complexity index is 1280. The van der Waals surface area contributed by atoms with E-state index in [4.69, 9.17) is 9.15 Å². The van der Waals surface area contributed by atoms with Crippen LogP contribution in [-0.2, 0) is 16.6 Å². The highest BCUT2D eigenvalue weighted by molar-refractivity contribution is 9.10. The van der Waals surface area contributed by atoms with Crippen molar-refractivity contribution in [3.63, 3.8) is 0 Å². The van der Waals surface area contributed by atoms with Crippen LogP contribution in [0.25, 0.3) is 22.6 Å². The zero-order valence-electron chi connectivity index (χ0n) is 16.6. The molecule has 2 aromatic carbocycles. The number of rotatable bonds is 6. The summed E-state index contributed by atoms with van der Waals surface area (Å²) >= 11 is 4.68. The number of fused-ring (bicyclic) bond motifs is 1. The van der Waals surface area contributed by atoms with Crippen molar-refractivity contribution in [3.05, 3.63) is 58.6 Å². The zero-order valence-corrected chi connectivity index (χ0v) is 19.0. The Labute approximate surface area is 190 Å². The molecule has 4 rings (SSSR count). The van der Waals surface area contributed by atoms with E-state index in [1.807, 2.05) is 31.3 Å². The van der Waals surface area contributed by atoms with Gasteiger partial charge in [-0.1, -0.05) is 39.8 Å². The Morgan fingerprint density at radius 3 is 2.81 bits per heavy atom. The number of thioether (sulfide) groups is 1. The number of nitrogens with zero attached hydrogens (tertiary/aromatic N) is 3. The number of para-hydroxylation sites is 1. The van der Waals surface area contributed by atoms with Gasteiger partial charge in [0.2, 0.25) is 5.91 Å². The molecule has 2 heterocycles. The van der Waals surface area contributed by atoms with E-state index in [0.29, 0.717) is 28.0 Å². The summed E-state index contributed by atoms with van der Waals surface area (Å²) in [6, 6.07) is 14.3. The molecule has 2 aromatic heterocycles. The molecule has 0 atom stereocenters. The number of halogens is 1. The highest BCUT2D eigenvalue weighted by Gasteiger charge is 2.18. The first kappa shape index (κ1) is 21.1. The molecule has 4 aromatic rings. The zero-order chi connectivity index (χ0) is 22.0. The fourth-order valence-corrected chi connectivity index (χ4v) is 4.07. The van der Waals surface area contributed by atoms with Crippen LogP contribution in [0, 0.1) is 0 Å². The lowest BCUT2D eigenvalue weighted by Crippen LogP contribution is -2.17. The van der Waals surface area contributed by atoms with Crippen molar-refractivity contribution in [1.82, 2.24) is 14.8 Å². The summed E-state index contributed by atoms with van der Waals surface area (Å²) < 4.78 is 13.4. The number of aromatic nitrogens is 3. The van der Waals surface area contributed by atoms with Crippen LogP contribution in [0.4, 0.5) is 5.69 Å². The standard InChI is InChI=1S/C21H17BrN4O4S/c1-26-19(17-10-12-9-13(22)7-8-16(12)30-17)24-25-21(26)31-11-18(27)23-15-6-4-3-5-14(15)20(28)29-2/h3-10H,11H2,1-2H3,(H,23,27). The van der Waals surface area contributed by atoms with Gasteiger partial charge in [-0.25, -0.2) is 4.79 Å². The number of methoxy groups -OCH3 is 1. The minimum Gasteiger partial charge on any atom is -0.465 e. The molecule has 8 nitrogen and oxygen atoms in total. The van der Waals surface area contributed by atoms with E-state index in [0.717, 1.165) is 15.4 Å². The number of nitrogens with one attached hydrogen (secondary N) is 1. The summed E-state index contributed by atoms with van der Waals surface area (Å²) in [7, 11) is 3.11. The van der Waals surface area contributed by atoms with Gasteiger partial charge >= 0.3 is 5.97 Å². The van der Waals surface area contributed by atoms with Crippen molar-refractivity contribution in [2.45, 2.75) is 5.16 Å². The Balaban J connectivity index is 1.46. The molecule has 0 aliphatic carbocycles. The van der Waals surface area contributed by atoms with Gasteiger partial charge in [-0.05, 0) is 36.4 Å². The van der Waals surface area contributed by atoms with Gasteiger partial charge in [-0.3, -0.25) is 4.79 Å². The van der Waals surface area contributed by atoms with E-state index >= 15 is 0 Å². The van der Waals surface area contributed by atoms with Gasteiger partial charge in [-0.2, -0.15) is 0 Å². The molecule has 0 aliphatic heterocycles. The SMILES string of the molecule is COC(=O)c1ccccc1NC(=O)CSc1nnc(-c2cc3cc(Br)ccc3o2)n1C. The van der Waals surface area contributed by atoms with Crippen LogP contribution >= 0.6 is 27.7 Å². The molecule has 10 heteroatoms. The lowest BCUT2D eigenvalue weighted by Gasteiger charge is -2.09. The van der Waals surface area contributed by atoms with Gasteiger partial charge in [-0.15, -0.1) is 10.2 Å². The quantitative estimate of drug-likeness (QED) is 0.307. The van der Waals surface area contributed by atoms with Gasteiger partial charge in [0.05, 0.1) is 24.1 Å². The number of carbonyl (C=O) groups is 2. The van der Waals surface area contributed by atoms with Gasteiger partial charge < -0.3 is 19.0 Å². The fourth-order valence-electron chi connectivity index (χ4n) is 2.98. The minimum atomic E-state index is -0.514. The molecule has 0 aliphatic rings. The van der Waals surface area contributed by atoms with Crippen molar-refractivity contribution >= 4 is 56.2 Å². The molecule has 0 saturated heterocycles. The Hall–Kier alpha value is -3.11. The van der Waals surface area contributed by atoms with E-state index in [9.17, 15) is 9.59 Å². The van der Waals surface area contributed by atoms with Crippen molar-refractivity contribution in [2.75, 3.05) is 18.2 Å². The molecule has 0 spiro atoms. The normalized spacial score (nSPS) is 10.9. The summed E-state index contributed by atoms with van der Waals surface area (Å²) in [6.45, 7) is 0. The number of esters is 1. The van der Waals surface area contributed by atoms with E-state index in [1.165, 1.54) is 18.9 Å². The third-order valence-electron chi connectivity index (χ3n) is 4.47. The summed E-state index contributed by atoms with van der Waals surface area (Å²) in [4.78, 5) is 24.3. The predicted octanol–water partition coefficient (Wildman–Crippen LogP) is 4.51. The van der Waals surface area contributed by atoms with E-state index in [1.54, 1.807) is 28.8 Å². The van der Waals surface area contributed by atoms with Crippen LogP contribution in [0.3, 0.4) is 0 Å². The molecule has 0 fully saturated rings. The largest absolute Gasteiger partial charge is 0.465 e. The summed E-state index contributed by atoms with van der Waals surface area (Å²) in [5.74, 6) is 0.450. The first-order chi connectivity index (χ1) is 15.0. The molecule has 0 bridgehead atoms. The molecule has 0 radical (unpaired) electrons. The van der Waals surface area contributed by atoms with Crippen LogP contribution < -0.4 is 5.32 Å². The molecular weight excluding hydrogens is 484 g/mol. The maximum absolute atomic E-state index is 12.4. The smallest absolute Gasteiger partial charge is 0.339 e. The maximum Gasteiger partial charge on any atom is 0.339 e. The van der Waals surface area contributed by atoms with Gasteiger partial charge in [0.15, 0.2) is 16.7 Å². The number of furan rings is 1. The summed E-state index contributed by atoms with van der Waals surface area (Å²) in [5, 5.41) is 12.6. The Morgan fingerprint density at radius 2 is 2.00 bits per heavy atom. The van der Waals surface area contributed by atoms with Gasteiger partial charge in [0.1, 0.15) is 5.58 Å². The molecule has 1 N–H and O–H groups in total. The number of hydrogen-bond donors (Lipinski definition) is 1. The van der Waals surface area contributed by atoms with E-state index in [2.05, 4.69) is 31.4 Å². The van der Waals surface area contributed by atoms with Gasteiger partial charge in [0, 0.05) is 16.9 Å². The van der Waals surface area contributed by atoms with Crippen LogP contribution in [0.1, 0.15) is 10.4 Å². The van der Waals surface area contributed by atoms with Crippen molar-refractivity contribution in [1.29, 1.82) is 0 Å². The van der Waals surface area contributed by atoms with Crippen LogP contribution in [0.15, 0.2) is 62.6 Å². The lowest BCUT2D eigenvalue weighted by molar-refractivity contribution is -0.113. The molecule has 0 unspecified atom stereocenters. The predicted molar refractivity (Wildman–Crippen MR) is 121 cm³/mol. The van der Waals surface area contributed by atoms with Crippen molar-refractivity contribution < 1.29 is 18.7 Å². The third-order valence-corrected chi connectivity index (χ3v) is 5.99. The van der Waals surface area contributed by atoms with Crippen LogP contribution in [0.5, 0.6) is 0 Å². The van der Waals surface area contributed by atoms with Crippen LogP contribution in [0.2, 0.25) is 0 Å². The van der Waals surface area contributed by atoms with Crippen LogP contribution in [-0.4, -0.2) is 39.5 Å². The lowest BCUT2D eigenvalue weighted by atomic mass is 10.2. The number of hydrogen-bond acceptors (Lipinski definition) is 7. The number of anilines is 1. The number of carbonyl (C=O) groups excluding carboxylic acids is 2. The first-order valence-corrected chi connectivity index (χ1v) is 10.9. The minimum absolute atomic E-state index is 0.0918. The highest BCUT2D eigenvalue weighted by atomic mass is 79.9. The number of benzene rings is 2. The highest BCUT2D eigenvalue weighted by Crippen LogP contribution is 2.30. The summed E-state index contributed by atoms with van der Waals surface area (Å²) in [6.07, 6.45) is 0. The average molecular weight is 501 g/mol. The van der Waals surface area contributed by atoms with Gasteiger partial charge in [0.25, 0.3) is 0 Å². The molecule has 1 amide bonds. The maximum atomic E-state index is 12.4. The second kappa shape index (κ2) is 8.94. The average Bonchev–Trinajstić information content (AvgIpc) is 3.34. The second-order valence-corrected chi connectivity index (χ2v) is 8.39. The molecule has 0 saturated carbocycles. The molecule has 31 heavy (non-hydrogen) atoms. The second-order valence-electron chi connectivity index (χ2n) is 6.53. The first-order valence-electron chi connectivity index (χ1n) is 9.15. The van der Waals surface area contributed by atoms with Crippen molar-refractivity contribution in [3.8, 4) is 11.6 Å². The molecular formula is C21H17BrN4O4S. The van der Waals surface area contributed by atoms with Crippen molar-refractivity contribution in [2.24, 2.45) is 7.05 Å². The Kier molecular flexibility index (Phi) is 6.10. The summed E-state index contributed by atoms with van der Waals surface area (Å²) in [5.41, 5.74) is 1.44. The molecule has 158 valence electrons. The van der Waals surface area contributed by atoms with E-state index < -0.39 is 5.97 Å². The third kappa shape index (κ3) is 4.49. The fraction of sp³-hybridized carbons (Fsp3) is 0.143. The monoisotopic (exact) mass is 500 g/mol. The van der Waals surface area contributed by atoms with E-state index in [-0.39, 0.29) is 11.7 Å².